The molecule has 8 heteroatoms. The highest BCUT2D eigenvalue weighted by Crippen LogP contribution is 2.25. The van der Waals surface area contributed by atoms with Crippen molar-refractivity contribution in [3.63, 3.8) is 0 Å². The van der Waals surface area contributed by atoms with Crippen LogP contribution in [0.25, 0.3) is 0 Å². The van der Waals surface area contributed by atoms with E-state index in [1.54, 1.807) is 60.4 Å². The highest BCUT2D eigenvalue weighted by molar-refractivity contribution is 6.22. The van der Waals surface area contributed by atoms with Gasteiger partial charge in [0.25, 0.3) is 11.8 Å². The van der Waals surface area contributed by atoms with Crippen LogP contribution < -0.4 is 10.1 Å². The number of imide groups is 1. The molecular formula is C23H23N3O5. The zero-order valence-corrected chi connectivity index (χ0v) is 17.1. The van der Waals surface area contributed by atoms with Gasteiger partial charge >= 0.3 is 6.09 Å². The van der Waals surface area contributed by atoms with E-state index < -0.39 is 23.9 Å². The maximum atomic E-state index is 13.0. The van der Waals surface area contributed by atoms with Gasteiger partial charge in [-0.05, 0) is 44.0 Å². The molecule has 2 aliphatic heterocycles. The lowest BCUT2D eigenvalue weighted by molar-refractivity contribution is -0.136. The fourth-order valence-electron chi connectivity index (χ4n) is 3.97. The molecule has 0 spiro atoms. The summed E-state index contributed by atoms with van der Waals surface area (Å²) in [6.07, 6.45) is 0.588. The van der Waals surface area contributed by atoms with Gasteiger partial charge in [0.15, 0.2) is 0 Å². The largest absolute Gasteiger partial charge is 0.412 e. The standard InChI is InChI=1S/C23H23N3O5/c1-15(26-21(28)18-9-5-6-10-19(18)22(26)29)20(27)25-13-11-16(12-14-25)24-23(30)31-17-7-3-2-4-8-17/h2-10,15-16H,11-14H2,1H3,(H,24,30). The van der Waals surface area contributed by atoms with Crippen LogP contribution in [0.3, 0.4) is 0 Å². The summed E-state index contributed by atoms with van der Waals surface area (Å²) in [4.78, 5) is 53.0. The van der Waals surface area contributed by atoms with E-state index in [-0.39, 0.29) is 11.9 Å². The normalized spacial score (nSPS) is 17.3. The molecule has 1 N–H and O–H groups in total. The molecule has 4 rings (SSSR count). The van der Waals surface area contributed by atoms with E-state index >= 15 is 0 Å². The van der Waals surface area contributed by atoms with Gasteiger partial charge in [0.2, 0.25) is 5.91 Å². The number of amides is 4. The number of hydrogen-bond donors (Lipinski definition) is 1. The van der Waals surface area contributed by atoms with Gasteiger partial charge < -0.3 is 15.0 Å². The maximum Gasteiger partial charge on any atom is 0.412 e. The summed E-state index contributed by atoms with van der Waals surface area (Å²) in [5.41, 5.74) is 0.652. The molecule has 0 saturated carbocycles. The summed E-state index contributed by atoms with van der Waals surface area (Å²) in [6, 6.07) is 14.4. The van der Waals surface area contributed by atoms with Gasteiger partial charge in [-0.1, -0.05) is 30.3 Å². The van der Waals surface area contributed by atoms with Crippen molar-refractivity contribution in [1.82, 2.24) is 15.1 Å². The smallest absolute Gasteiger partial charge is 0.410 e. The Bertz CT molecular complexity index is 980. The Hall–Kier alpha value is -3.68. The Morgan fingerprint density at radius 3 is 2.06 bits per heavy atom. The van der Waals surface area contributed by atoms with Crippen LogP contribution in [0.4, 0.5) is 4.79 Å². The highest BCUT2D eigenvalue weighted by atomic mass is 16.6. The first-order valence-electron chi connectivity index (χ1n) is 10.2. The molecule has 1 atom stereocenters. The summed E-state index contributed by atoms with van der Waals surface area (Å²) >= 11 is 0. The molecule has 1 saturated heterocycles. The molecule has 1 fully saturated rings. The van der Waals surface area contributed by atoms with E-state index in [9.17, 15) is 19.2 Å². The van der Waals surface area contributed by atoms with E-state index in [1.165, 1.54) is 0 Å². The van der Waals surface area contributed by atoms with Crippen LogP contribution in [-0.4, -0.2) is 58.8 Å². The molecular weight excluding hydrogens is 398 g/mol. The van der Waals surface area contributed by atoms with Crippen molar-refractivity contribution < 1.29 is 23.9 Å². The van der Waals surface area contributed by atoms with E-state index in [0.29, 0.717) is 42.8 Å². The van der Waals surface area contributed by atoms with Crippen molar-refractivity contribution in [3.8, 4) is 5.75 Å². The van der Waals surface area contributed by atoms with Gasteiger partial charge in [-0.15, -0.1) is 0 Å². The zero-order valence-electron chi connectivity index (χ0n) is 17.1. The number of piperidine rings is 1. The van der Waals surface area contributed by atoms with Gasteiger partial charge in [-0.3, -0.25) is 19.3 Å². The van der Waals surface area contributed by atoms with Crippen LogP contribution in [0.2, 0.25) is 0 Å². The summed E-state index contributed by atoms with van der Waals surface area (Å²) in [7, 11) is 0. The lowest BCUT2D eigenvalue weighted by Gasteiger charge is -2.35. The molecule has 4 amide bonds. The molecule has 160 valence electrons. The quantitative estimate of drug-likeness (QED) is 0.765. The maximum absolute atomic E-state index is 13.0. The highest BCUT2D eigenvalue weighted by Gasteiger charge is 2.42. The van der Waals surface area contributed by atoms with E-state index in [2.05, 4.69) is 5.32 Å². The molecule has 0 radical (unpaired) electrons. The van der Waals surface area contributed by atoms with E-state index in [1.807, 2.05) is 6.07 Å². The first-order valence-corrected chi connectivity index (χ1v) is 10.2. The van der Waals surface area contributed by atoms with Crippen LogP contribution in [0.15, 0.2) is 54.6 Å². The summed E-state index contributed by atoms with van der Waals surface area (Å²) in [5.74, 6) is -0.703. The molecule has 8 nitrogen and oxygen atoms in total. The Labute approximate surface area is 179 Å². The first-order chi connectivity index (χ1) is 15.0. The fourth-order valence-corrected chi connectivity index (χ4v) is 3.97. The number of likely N-dealkylation sites (tertiary alicyclic amines) is 1. The Balaban J connectivity index is 1.31. The van der Waals surface area contributed by atoms with Gasteiger partial charge in [-0.2, -0.15) is 0 Å². The SMILES string of the molecule is CC(C(=O)N1CCC(NC(=O)Oc2ccccc2)CC1)N1C(=O)c2ccccc2C1=O. The Kier molecular flexibility index (Phi) is 5.70. The molecule has 0 aliphatic carbocycles. The Morgan fingerprint density at radius 1 is 0.935 bits per heavy atom. The van der Waals surface area contributed by atoms with E-state index in [4.69, 9.17) is 4.74 Å². The number of ether oxygens (including phenoxy) is 1. The summed E-state index contributed by atoms with van der Waals surface area (Å²) in [5, 5.41) is 2.82. The van der Waals surface area contributed by atoms with Crippen molar-refractivity contribution in [2.24, 2.45) is 0 Å². The van der Waals surface area contributed by atoms with Gasteiger partial charge in [0, 0.05) is 19.1 Å². The Morgan fingerprint density at radius 2 is 1.48 bits per heavy atom. The minimum atomic E-state index is -0.889. The van der Waals surface area contributed by atoms with Crippen molar-refractivity contribution in [1.29, 1.82) is 0 Å². The van der Waals surface area contributed by atoms with Crippen LogP contribution in [0, 0.1) is 0 Å². The first kappa shape index (κ1) is 20.6. The molecule has 2 aromatic rings. The number of nitrogens with zero attached hydrogens (tertiary/aromatic N) is 2. The predicted octanol–water partition coefficient (Wildman–Crippen LogP) is 2.45. The molecule has 0 bridgehead atoms. The van der Waals surface area contributed by atoms with Crippen LogP contribution in [0.5, 0.6) is 5.75 Å². The average molecular weight is 421 g/mol. The van der Waals surface area contributed by atoms with Gasteiger partial charge in [0.05, 0.1) is 11.1 Å². The molecule has 0 aromatic heterocycles. The van der Waals surface area contributed by atoms with Crippen LogP contribution in [-0.2, 0) is 4.79 Å². The zero-order chi connectivity index (χ0) is 22.0. The molecule has 1 unspecified atom stereocenters. The average Bonchev–Trinajstić information content (AvgIpc) is 3.04. The number of carbonyl (C=O) groups is 4. The third kappa shape index (κ3) is 4.14. The number of nitrogens with one attached hydrogen (secondary N) is 1. The number of carbonyl (C=O) groups excluding carboxylic acids is 4. The van der Waals surface area contributed by atoms with Crippen molar-refractivity contribution in [3.05, 3.63) is 65.7 Å². The molecule has 2 aliphatic rings. The second kappa shape index (κ2) is 8.59. The van der Waals surface area contributed by atoms with Crippen LogP contribution >= 0.6 is 0 Å². The van der Waals surface area contributed by atoms with Crippen LogP contribution in [0.1, 0.15) is 40.5 Å². The number of hydrogen-bond acceptors (Lipinski definition) is 5. The minimum absolute atomic E-state index is 0.116. The monoisotopic (exact) mass is 421 g/mol. The van der Waals surface area contributed by atoms with E-state index in [0.717, 1.165) is 4.90 Å². The number of para-hydroxylation sites is 1. The molecule has 31 heavy (non-hydrogen) atoms. The summed E-state index contributed by atoms with van der Waals surface area (Å²) in [6.45, 7) is 2.41. The predicted molar refractivity (Wildman–Crippen MR) is 112 cm³/mol. The minimum Gasteiger partial charge on any atom is -0.410 e. The number of benzene rings is 2. The number of rotatable bonds is 4. The second-order valence-corrected chi connectivity index (χ2v) is 7.65. The lowest BCUT2D eigenvalue weighted by atomic mass is 10.0. The number of fused-ring (bicyclic) bond motifs is 1. The third-order valence-corrected chi connectivity index (χ3v) is 5.65. The molecule has 2 aromatic carbocycles. The van der Waals surface area contributed by atoms with Gasteiger partial charge in [0.1, 0.15) is 11.8 Å². The third-order valence-electron chi connectivity index (χ3n) is 5.65. The lowest BCUT2D eigenvalue weighted by Crippen LogP contribution is -2.53. The molecule has 2 heterocycles. The van der Waals surface area contributed by atoms with Gasteiger partial charge in [-0.25, -0.2) is 4.79 Å². The topological polar surface area (TPSA) is 96.0 Å². The van der Waals surface area contributed by atoms with Crippen molar-refractivity contribution in [2.45, 2.75) is 31.8 Å². The fraction of sp³-hybridized carbons (Fsp3) is 0.304. The second-order valence-electron chi connectivity index (χ2n) is 7.65. The van der Waals surface area contributed by atoms with Crippen molar-refractivity contribution >= 4 is 23.8 Å². The summed E-state index contributed by atoms with van der Waals surface area (Å²) < 4.78 is 5.24. The van der Waals surface area contributed by atoms with Crippen molar-refractivity contribution in [2.75, 3.05) is 13.1 Å².